The van der Waals surface area contributed by atoms with E-state index in [1.54, 1.807) is 0 Å². The lowest BCUT2D eigenvalue weighted by Crippen LogP contribution is -2.37. The minimum absolute atomic E-state index is 0.0212. The van der Waals surface area contributed by atoms with Crippen LogP contribution < -0.4 is 18.4 Å². The van der Waals surface area contributed by atoms with E-state index in [1.807, 2.05) is 0 Å². The molecule has 4 rings (SSSR count). The number of ether oxygens (including phenoxy) is 3. The van der Waals surface area contributed by atoms with Crippen molar-refractivity contribution in [1.82, 2.24) is 0 Å². The first-order valence-electron chi connectivity index (χ1n) is 10.3. The fourth-order valence-electron chi connectivity index (χ4n) is 3.30. The van der Waals surface area contributed by atoms with E-state index in [4.69, 9.17) is 23.3 Å². The number of phenolic OH excluding ortho intramolecular Hbond substituents is 3. The van der Waals surface area contributed by atoms with E-state index < -0.39 is 50.4 Å². The molecule has 0 aliphatic carbocycles. The van der Waals surface area contributed by atoms with Crippen LogP contribution in [0.1, 0.15) is 17.2 Å². The Morgan fingerprint density at radius 2 is 1.53 bits per heavy atom. The fraction of sp³-hybridized carbons (Fsp3) is 0.0909. The van der Waals surface area contributed by atoms with E-state index in [9.17, 15) is 32.2 Å². The van der Waals surface area contributed by atoms with Gasteiger partial charge in [-0.25, -0.2) is 0 Å². The average molecular weight is 571 g/mol. The molecule has 2 unspecified atom stereocenters. The number of benzene rings is 3. The van der Waals surface area contributed by atoms with E-state index in [2.05, 4.69) is 8.37 Å². The Kier molecular flexibility index (Phi) is 7.14. The summed E-state index contributed by atoms with van der Waals surface area (Å²) in [7, 11) is -9.51. The number of rotatable bonds is 8. The molecule has 0 bridgehead atoms. The number of fused-ring (bicyclic) bond motifs is 1. The van der Waals surface area contributed by atoms with Crippen LogP contribution in [0.5, 0.6) is 40.2 Å². The Bertz CT molecular complexity index is 1600. The molecule has 14 nitrogen and oxygen atoms in total. The SMILES string of the molecule is O=S(=O)(O)O/C=C/c1ccc(OC2Oc3ccc(OS(=O)(=O)O)cc3OC2c2ccc(O)c(O)c2)c(O)c1. The van der Waals surface area contributed by atoms with Crippen molar-refractivity contribution in [2.75, 3.05) is 0 Å². The first-order valence-corrected chi connectivity index (χ1v) is 13.0. The third-order valence-electron chi connectivity index (χ3n) is 4.85. The lowest BCUT2D eigenvalue weighted by molar-refractivity contribution is -0.0988. The summed E-state index contributed by atoms with van der Waals surface area (Å²) in [6.45, 7) is 0. The minimum atomic E-state index is -4.82. The third-order valence-corrected chi connectivity index (χ3v) is 5.61. The maximum Gasteiger partial charge on any atom is 0.446 e. The lowest BCUT2D eigenvalue weighted by Gasteiger charge is -2.34. The first-order chi connectivity index (χ1) is 17.8. The second-order valence-corrected chi connectivity index (χ2v) is 9.63. The molecule has 0 saturated heterocycles. The van der Waals surface area contributed by atoms with Crippen molar-refractivity contribution in [3.63, 3.8) is 0 Å². The molecule has 0 amide bonds. The zero-order valence-corrected chi connectivity index (χ0v) is 20.4. The van der Waals surface area contributed by atoms with Gasteiger partial charge in [-0.15, -0.1) is 0 Å². The first kappa shape index (κ1) is 26.7. The molecule has 2 atom stereocenters. The third kappa shape index (κ3) is 6.68. The van der Waals surface area contributed by atoms with Crippen LogP contribution in [0.3, 0.4) is 0 Å². The summed E-state index contributed by atoms with van der Waals surface area (Å²) in [5.74, 6) is -1.64. The van der Waals surface area contributed by atoms with Gasteiger partial charge in [0.2, 0.25) is 0 Å². The highest BCUT2D eigenvalue weighted by atomic mass is 32.3. The summed E-state index contributed by atoms with van der Waals surface area (Å²) in [4.78, 5) is 0. The second-order valence-electron chi connectivity index (χ2n) is 7.56. The van der Waals surface area contributed by atoms with Gasteiger partial charge in [0.15, 0.2) is 40.6 Å². The van der Waals surface area contributed by atoms with Crippen molar-refractivity contribution in [2.24, 2.45) is 0 Å². The smallest absolute Gasteiger partial charge is 0.446 e. The van der Waals surface area contributed by atoms with Crippen molar-refractivity contribution < 1.29 is 63.8 Å². The van der Waals surface area contributed by atoms with Crippen LogP contribution in [0, 0.1) is 0 Å². The van der Waals surface area contributed by atoms with E-state index >= 15 is 0 Å². The maximum atomic E-state index is 11.1. The van der Waals surface area contributed by atoms with Gasteiger partial charge in [-0.2, -0.15) is 16.8 Å². The molecule has 16 heteroatoms. The summed E-state index contributed by atoms with van der Waals surface area (Å²) >= 11 is 0. The van der Waals surface area contributed by atoms with Crippen LogP contribution in [0.15, 0.2) is 60.9 Å². The number of aromatic hydroxyl groups is 3. The monoisotopic (exact) mass is 570 g/mol. The summed E-state index contributed by atoms with van der Waals surface area (Å²) in [6, 6.07) is 11.3. The second kappa shape index (κ2) is 10.2. The van der Waals surface area contributed by atoms with Gasteiger partial charge in [-0.05, 0) is 48.0 Å². The molecule has 1 heterocycles. The van der Waals surface area contributed by atoms with Crippen LogP contribution in [0.25, 0.3) is 6.08 Å². The predicted molar refractivity (Wildman–Crippen MR) is 127 cm³/mol. The van der Waals surface area contributed by atoms with Crippen molar-refractivity contribution in [3.8, 4) is 40.2 Å². The molecule has 1 aliphatic heterocycles. The Balaban J connectivity index is 1.64. The van der Waals surface area contributed by atoms with Crippen LogP contribution in [0.2, 0.25) is 0 Å². The van der Waals surface area contributed by atoms with Crippen molar-refractivity contribution in [1.29, 1.82) is 0 Å². The molecule has 0 spiro atoms. The molecular formula is C22H18O14S2. The minimum Gasteiger partial charge on any atom is -0.504 e. The summed E-state index contributed by atoms with van der Waals surface area (Å²) < 4.78 is 87.0. The lowest BCUT2D eigenvalue weighted by atomic mass is 10.1. The Labute approximate surface area is 215 Å². The van der Waals surface area contributed by atoms with Crippen LogP contribution >= 0.6 is 0 Å². The van der Waals surface area contributed by atoms with Gasteiger partial charge in [0.05, 0.1) is 0 Å². The average Bonchev–Trinajstić information content (AvgIpc) is 2.80. The largest absolute Gasteiger partial charge is 0.504 e. The number of phenols is 3. The van der Waals surface area contributed by atoms with Crippen molar-refractivity contribution >= 4 is 26.9 Å². The van der Waals surface area contributed by atoms with Crippen molar-refractivity contribution in [2.45, 2.75) is 12.4 Å². The topological polar surface area (TPSA) is 216 Å². The summed E-state index contributed by atoms with van der Waals surface area (Å²) in [6.07, 6.45) is -0.637. The Hall–Kier alpha value is -4.38. The highest BCUT2D eigenvalue weighted by Gasteiger charge is 2.36. The van der Waals surface area contributed by atoms with Crippen molar-refractivity contribution in [3.05, 3.63) is 72.0 Å². The molecule has 38 heavy (non-hydrogen) atoms. The van der Waals surface area contributed by atoms with Crippen LogP contribution in [-0.2, 0) is 25.0 Å². The zero-order valence-electron chi connectivity index (χ0n) is 18.7. The van der Waals surface area contributed by atoms with Gasteiger partial charge in [-0.1, -0.05) is 12.1 Å². The van der Waals surface area contributed by atoms with Crippen LogP contribution in [-0.4, -0.2) is 47.6 Å². The van der Waals surface area contributed by atoms with E-state index in [-0.39, 0.29) is 34.1 Å². The van der Waals surface area contributed by atoms with Gasteiger partial charge in [-0.3, -0.25) is 9.11 Å². The van der Waals surface area contributed by atoms with Gasteiger partial charge in [0.25, 0.3) is 6.29 Å². The number of hydrogen-bond acceptors (Lipinski definition) is 12. The number of hydrogen-bond donors (Lipinski definition) is 5. The standard InChI is InChI=1S/C22H18O14S2/c23-15-4-2-13(10-16(15)24)21-22(35-19-6-3-14(11-20(19)33-21)36-38(29,30)31)34-18-5-1-12(9-17(18)25)7-8-32-37(26,27)28/h1-11,21-25H,(H,26,27,28)(H,29,30,31)/b8-7+. The van der Waals surface area contributed by atoms with E-state index in [0.29, 0.717) is 6.26 Å². The highest BCUT2D eigenvalue weighted by molar-refractivity contribution is 7.81. The Morgan fingerprint density at radius 1 is 0.763 bits per heavy atom. The summed E-state index contributed by atoms with van der Waals surface area (Å²) in [5, 5.41) is 30.1. The molecule has 0 fully saturated rings. The quantitative estimate of drug-likeness (QED) is 0.150. The fourth-order valence-corrected chi connectivity index (χ4v) is 3.84. The molecule has 202 valence electrons. The highest BCUT2D eigenvalue weighted by Crippen LogP contribution is 2.44. The molecule has 3 aromatic carbocycles. The van der Waals surface area contributed by atoms with E-state index in [0.717, 1.165) is 12.1 Å². The summed E-state index contributed by atoms with van der Waals surface area (Å²) in [5.41, 5.74) is 0.523. The maximum absolute atomic E-state index is 11.1. The van der Waals surface area contributed by atoms with Gasteiger partial charge in [0, 0.05) is 11.6 Å². The molecule has 0 aromatic heterocycles. The van der Waals surface area contributed by atoms with Gasteiger partial charge in [0.1, 0.15) is 12.0 Å². The zero-order chi connectivity index (χ0) is 27.7. The molecule has 3 aromatic rings. The van der Waals surface area contributed by atoms with Crippen LogP contribution in [0.4, 0.5) is 0 Å². The van der Waals surface area contributed by atoms with E-state index in [1.165, 1.54) is 48.5 Å². The molecule has 0 saturated carbocycles. The van der Waals surface area contributed by atoms with Gasteiger partial charge >= 0.3 is 20.8 Å². The molecule has 5 N–H and O–H groups in total. The molecule has 0 radical (unpaired) electrons. The molecular weight excluding hydrogens is 552 g/mol. The normalized spacial score (nSPS) is 17.2. The Morgan fingerprint density at radius 3 is 2.18 bits per heavy atom. The molecule has 1 aliphatic rings. The van der Waals surface area contributed by atoms with Gasteiger partial charge < -0.3 is 37.9 Å². The predicted octanol–water partition coefficient (Wildman–Crippen LogP) is 2.69.